The molecule has 0 aromatic carbocycles. The number of amides is 2. The van der Waals surface area contributed by atoms with Crippen molar-refractivity contribution >= 4 is 11.9 Å². The summed E-state index contributed by atoms with van der Waals surface area (Å²) in [5, 5.41) is 9.62. The standard InChI is InChI=1S/C7H16N4O/c1-3-4-10-7(12)11(2)5-6(8)9/h3-5H2,1-2H3,(H3,8,9)(H,10,12). The molecule has 0 bridgehead atoms. The summed E-state index contributed by atoms with van der Waals surface area (Å²) in [6, 6.07) is -0.188. The summed E-state index contributed by atoms with van der Waals surface area (Å²) in [5.41, 5.74) is 5.12. The average molecular weight is 172 g/mol. The normalized spacial score (nSPS) is 9.17. The van der Waals surface area contributed by atoms with Crippen LogP contribution in [0.1, 0.15) is 13.3 Å². The number of hydrogen-bond acceptors (Lipinski definition) is 2. The Morgan fingerprint density at radius 1 is 1.67 bits per heavy atom. The predicted octanol–water partition coefficient (Wildman–Crippen LogP) is -0.0262. The van der Waals surface area contributed by atoms with Crippen molar-refractivity contribution in [1.29, 1.82) is 5.41 Å². The first-order valence-electron chi connectivity index (χ1n) is 3.89. The Morgan fingerprint density at radius 2 is 2.25 bits per heavy atom. The van der Waals surface area contributed by atoms with Gasteiger partial charge < -0.3 is 16.0 Å². The van der Waals surface area contributed by atoms with Crippen LogP contribution in [0.25, 0.3) is 0 Å². The van der Waals surface area contributed by atoms with Gasteiger partial charge in [-0.3, -0.25) is 5.41 Å². The van der Waals surface area contributed by atoms with E-state index in [2.05, 4.69) is 5.32 Å². The number of carbonyl (C=O) groups excluding carboxylic acids is 1. The quantitative estimate of drug-likeness (QED) is 0.411. The van der Waals surface area contributed by atoms with Gasteiger partial charge in [0.25, 0.3) is 0 Å². The minimum absolute atomic E-state index is 0.0100. The zero-order valence-corrected chi connectivity index (χ0v) is 7.55. The molecule has 0 atom stereocenters. The molecular weight excluding hydrogens is 156 g/mol. The topological polar surface area (TPSA) is 82.2 Å². The monoisotopic (exact) mass is 172 g/mol. The second-order valence-corrected chi connectivity index (χ2v) is 2.61. The van der Waals surface area contributed by atoms with Crippen molar-refractivity contribution in [3.05, 3.63) is 0 Å². The number of nitrogens with one attached hydrogen (secondary N) is 2. The highest BCUT2D eigenvalue weighted by Crippen LogP contribution is 1.83. The molecule has 70 valence electrons. The second-order valence-electron chi connectivity index (χ2n) is 2.61. The van der Waals surface area contributed by atoms with Crippen LogP contribution in [-0.2, 0) is 0 Å². The highest BCUT2D eigenvalue weighted by molar-refractivity contribution is 5.84. The van der Waals surface area contributed by atoms with E-state index in [1.807, 2.05) is 6.92 Å². The first-order valence-corrected chi connectivity index (χ1v) is 3.89. The molecule has 0 saturated heterocycles. The summed E-state index contributed by atoms with van der Waals surface area (Å²) < 4.78 is 0. The lowest BCUT2D eigenvalue weighted by Crippen LogP contribution is -2.41. The molecule has 0 aromatic heterocycles. The molecule has 0 aliphatic rings. The number of nitrogens with zero attached hydrogens (tertiary/aromatic N) is 1. The van der Waals surface area contributed by atoms with Crippen LogP contribution in [0.2, 0.25) is 0 Å². The molecular formula is C7H16N4O. The van der Waals surface area contributed by atoms with Crippen molar-refractivity contribution < 1.29 is 4.79 Å². The molecule has 2 amide bonds. The molecule has 4 N–H and O–H groups in total. The molecule has 0 fully saturated rings. The van der Waals surface area contributed by atoms with Crippen molar-refractivity contribution in [2.24, 2.45) is 5.73 Å². The number of amidine groups is 1. The Hall–Kier alpha value is -1.26. The molecule has 0 unspecified atom stereocenters. The number of hydrogen-bond donors (Lipinski definition) is 3. The number of rotatable bonds is 4. The number of nitrogens with two attached hydrogens (primary N) is 1. The second kappa shape index (κ2) is 5.40. The van der Waals surface area contributed by atoms with Gasteiger partial charge in [0.1, 0.15) is 5.84 Å². The van der Waals surface area contributed by atoms with E-state index in [1.165, 1.54) is 4.90 Å². The highest BCUT2D eigenvalue weighted by Gasteiger charge is 2.06. The van der Waals surface area contributed by atoms with Gasteiger partial charge in [0.2, 0.25) is 0 Å². The molecule has 0 radical (unpaired) electrons. The van der Waals surface area contributed by atoms with Gasteiger partial charge in [-0.2, -0.15) is 0 Å². The molecule has 0 aromatic rings. The zero-order valence-electron chi connectivity index (χ0n) is 7.55. The molecule has 0 heterocycles. The van der Waals surface area contributed by atoms with Crippen LogP contribution in [0.3, 0.4) is 0 Å². The van der Waals surface area contributed by atoms with Gasteiger partial charge in [-0.05, 0) is 6.42 Å². The maximum atomic E-state index is 11.1. The van der Waals surface area contributed by atoms with E-state index in [-0.39, 0.29) is 18.4 Å². The van der Waals surface area contributed by atoms with E-state index in [0.29, 0.717) is 6.54 Å². The van der Waals surface area contributed by atoms with E-state index in [0.717, 1.165) is 6.42 Å². The van der Waals surface area contributed by atoms with Gasteiger partial charge in [0.15, 0.2) is 0 Å². The average Bonchev–Trinajstić information content (AvgIpc) is 1.98. The van der Waals surface area contributed by atoms with E-state index in [4.69, 9.17) is 11.1 Å². The summed E-state index contributed by atoms with van der Waals surface area (Å²) >= 11 is 0. The maximum absolute atomic E-state index is 11.1. The van der Waals surface area contributed by atoms with Crippen LogP contribution in [0.4, 0.5) is 4.79 Å². The highest BCUT2D eigenvalue weighted by atomic mass is 16.2. The van der Waals surface area contributed by atoms with Crippen LogP contribution < -0.4 is 11.1 Å². The molecule has 12 heavy (non-hydrogen) atoms. The van der Waals surface area contributed by atoms with Crippen LogP contribution in [0.15, 0.2) is 0 Å². The first kappa shape index (κ1) is 10.7. The van der Waals surface area contributed by atoms with E-state index >= 15 is 0 Å². The lowest BCUT2D eigenvalue weighted by Gasteiger charge is -2.16. The fourth-order valence-electron chi connectivity index (χ4n) is 0.694. The van der Waals surface area contributed by atoms with Gasteiger partial charge in [-0.25, -0.2) is 4.79 Å². The Morgan fingerprint density at radius 3 is 2.67 bits per heavy atom. The smallest absolute Gasteiger partial charge is 0.317 e. The van der Waals surface area contributed by atoms with Gasteiger partial charge in [0, 0.05) is 13.6 Å². The van der Waals surface area contributed by atoms with Crippen LogP contribution in [-0.4, -0.2) is 36.9 Å². The summed E-state index contributed by atoms with van der Waals surface area (Å²) in [6.45, 7) is 2.81. The lowest BCUT2D eigenvalue weighted by atomic mass is 10.5. The molecule has 0 aliphatic heterocycles. The molecule has 0 aliphatic carbocycles. The zero-order chi connectivity index (χ0) is 9.56. The first-order chi connectivity index (χ1) is 5.57. The third kappa shape index (κ3) is 4.54. The molecule has 5 nitrogen and oxygen atoms in total. The van der Waals surface area contributed by atoms with Crippen molar-refractivity contribution in [2.45, 2.75) is 13.3 Å². The third-order valence-corrected chi connectivity index (χ3v) is 1.28. The van der Waals surface area contributed by atoms with E-state index in [9.17, 15) is 4.79 Å². The lowest BCUT2D eigenvalue weighted by molar-refractivity contribution is 0.214. The molecule has 0 saturated carbocycles. The van der Waals surface area contributed by atoms with Crippen LogP contribution >= 0.6 is 0 Å². The van der Waals surface area contributed by atoms with Crippen LogP contribution in [0.5, 0.6) is 0 Å². The SMILES string of the molecule is CCCNC(=O)N(C)CC(=N)N. The summed E-state index contributed by atoms with van der Waals surface area (Å²) in [7, 11) is 1.60. The summed E-state index contributed by atoms with van der Waals surface area (Å²) in [6.07, 6.45) is 0.902. The number of urea groups is 1. The van der Waals surface area contributed by atoms with Gasteiger partial charge in [0.05, 0.1) is 6.54 Å². The Balaban J connectivity index is 3.69. The fourth-order valence-corrected chi connectivity index (χ4v) is 0.694. The molecule has 5 heteroatoms. The van der Waals surface area contributed by atoms with Crippen molar-refractivity contribution in [3.63, 3.8) is 0 Å². The molecule has 0 rings (SSSR count). The van der Waals surface area contributed by atoms with Gasteiger partial charge >= 0.3 is 6.03 Å². The minimum Gasteiger partial charge on any atom is -0.386 e. The maximum Gasteiger partial charge on any atom is 0.317 e. The van der Waals surface area contributed by atoms with Crippen molar-refractivity contribution in [3.8, 4) is 0 Å². The third-order valence-electron chi connectivity index (χ3n) is 1.28. The number of carbonyl (C=O) groups is 1. The van der Waals surface area contributed by atoms with E-state index in [1.54, 1.807) is 7.05 Å². The van der Waals surface area contributed by atoms with Gasteiger partial charge in [-0.1, -0.05) is 6.92 Å². The van der Waals surface area contributed by atoms with E-state index < -0.39 is 0 Å². The van der Waals surface area contributed by atoms with Crippen LogP contribution in [0, 0.1) is 5.41 Å². The Labute approximate surface area is 72.4 Å². The largest absolute Gasteiger partial charge is 0.386 e. The summed E-state index contributed by atoms with van der Waals surface area (Å²) in [5.74, 6) is -0.0100. The Bertz CT molecular complexity index is 169. The van der Waals surface area contributed by atoms with Gasteiger partial charge in [-0.15, -0.1) is 0 Å². The Kier molecular flexibility index (Phi) is 4.83. The minimum atomic E-state index is -0.188. The predicted molar refractivity (Wildman–Crippen MR) is 48.2 cm³/mol. The van der Waals surface area contributed by atoms with Crippen molar-refractivity contribution in [2.75, 3.05) is 20.1 Å². The summed E-state index contributed by atoms with van der Waals surface area (Å²) in [4.78, 5) is 12.5. The number of likely N-dealkylation sites (N-methyl/N-ethyl adjacent to an activating group) is 1. The molecule has 0 spiro atoms. The van der Waals surface area contributed by atoms with Crippen molar-refractivity contribution in [1.82, 2.24) is 10.2 Å². The fraction of sp³-hybridized carbons (Fsp3) is 0.714.